The molecule has 29 heavy (non-hydrogen) atoms. The molecule has 0 aliphatic carbocycles. The number of benzene rings is 2. The Morgan fingerprint density at radius 1 is 0.966 bits per heavy atom. The monoisotopic (exact) mass is 405 g/mol. The lowest BCUT2D eigenvalue weighted by Gasteiger charge is -2.38. The molecule has 154 valence electrons. The largest absolute Gasteiger partial charge is 0.419 e. The van der Waals surface area contributed by atoms with Crippen molar-refractivity contribution in [3.8, 4) is 0 Å². The summed E-state index contributed by atoms with van der Waals surface area (Å²) in [6.07, 6.45) is -1.24. The van der Waals surface area contributed by atoms with Crippen molar-refractivity contribution in [3.63, 3.8) is 0 Å². The van der Waals surface area contributed by atoms with Crippen LogP contribution < -0.4 is 0 Å². The molecule has 0 saturated carbocycles. The molecule has 2 heterocycles. The van der Waals surface area contributed by atoms with Crippen molar-refractivity contribution in [2.24, 2.45) is 5.92 Å². The van der Waals surface area contributed by atoms with Gasteiger partial charge in [-0.05, 0) is 48.9 Å². The van der Waals surface area contributed by atoms with Gasteiger partial charge in [0, 0.05) is 31.0 Å². The number of halogens is 4. The van der Waals surface area contributed by atoms with E-state index in [-0.39, 0.29) is 23.7 Å². The maximum atomic E-state index is 13.5. The van der Waals surface area contributed by atoms with Crippen LogP contribution in [0, 0.1) is 11.7 Å². The summed E-state index contributed by atoms with van der Waals surface area (Å²) in [5.41, 5.74) is 0.170. The van der Waals surface area contributed by atoms with Gasteiger partial charge in [-0.25, -0.2) is 4.39 Å². The average molecular weight is 405 g/mol. The molecule has 2 aromatic carbocycles. The lowest BCUT2D eigenvalue weighted by Crippen LogP contribution is -2.44. The molecule has 0 radical (unpaired) electrons. The first-order chi connectivity index (χ1) is 13.8. The molecule has 2 bridgehead atoms. The minimum Gasteiger partial charge on any atom is -0.299 e. The quantitative estimate of drug-likeness (QED) is 0.621. The normalized spacial score (nSPS) is 24.6. The van der Waals surface area contributed by atoms with Crippen LogP contribution in [0.3, 0.4) is 0 Å². The van der Waals surface area contributed by atoms with Gasteiger partial charge in [0.25, 0.3) is 0 Å². The van der Waals surface area contributed by atoms with E-state index in [9.17, 15) is 22.4 Å². The number of ketones is 1. The number of Topliss-reactive ketones (excluding diaryl/α,β-unsaturated/α-hetero) is 1. The van der Waals surface area contributed by atoms with E-state index in [4.69, 9.17) is 0 Å². The Labute approximate surface area is 167 Å². The smallest absolute Gasteiger partial charge is 0.299 e. The molecule has 6 heteroatoms. The number of fused-ring (bicyclic) bond motifs is 2. The van der Waals surface area contributed by atoms with Gasteiger partial charge in [0.05, 0.1) is 5.56 Å². The van der Waals surface area contributed by atoms with Gasteiger partial charge in [-0.15, -0.1) is 0 Å². The van der Waals surface area contributed by atoms with Gasteiger partial charge >= 0.3 is 6.18 Å². The summed E-state index contributed by atoms with van der Waals surface area (Å²) in [4.78, 5) is 15.3. The summed E-state index contributed by atoms with van der Waals surface area (Å²) >= 11 is 0. The Kier molecular flexibility index (Phi) is 5.47. The molecule has 2 unspecified atom stereocenters. The fraction of sp³-hybridized carbons (Fsp3) is 0.435. The maximum Gasteiger partial charge on any atom is 0.419 e. The van der Waals surface area contributed by atoms with Crippen LogP contribution in [-0.2, 0) is 23.9 Å². The molecule has 0 N–H and O–H groups in total. The Morgan fingerprint density at radius 2 is 1.62 bits per heavy atom. The van der Waals surface area contributed by atoms with E-state index in [0.717, 1.165) is 44.4 Å². The van der Waals surface area contributed by atoms with Crippen molar-refractivity contribution in [3.05, 3.63) is 71.0 Å². The third-order valence-electron chi connectivity index (χ3n) is 6.26. The molecule has 0 aromatic heterocycles. The zero-order valence-corrected chi connectivity index (χ0v) is 16.0. The second kappa shape index (κ2) is 7.90. The van der Waals surface area contributed by atoms with Gasteiger partial charge in [-0.2, -0.15) is 13.2 Å². The zero-order chi connectivity index (χ0) is 20.6. The molecular formula is C23H23F4NO. The number of carbonyl (C=O) groups is 1. The first-order valence-electron chi connectivity index (χ1n) is 9.99. The average Bonchev–Trinajstić information content (AvgIpc) is 2.90. The summed E-state index contributed by atoms with van der Waals surface area (Å²) in [6.45, 7) is 0.865. The molecule has 0 amide bonds. The first-order valence-corrected chi connectivity index (χ1v) is 9.99. The summed E-state index contributed by atoms with van der Waals surface area (Å²) in [6, 6.07) is 13.8. The summed E-state index contributed by atoms with van der Waals surface area (Å²) in [7, 11) is 0. The second-order valence-electron chi connectivity index (χ2n) is 8.17. The number of carbonyl (C=O) groups excluding carboxylic acids is 1. The summed E-state index contributed by atoms with van der Waals surface area (Å²) < 4.78 is 52.2. The number of hydrogen-bond donors (Lipinski definition) is 0. The fourth-order valence-electron chi connectivity index (χ4n) is 4.83. The maximum absolute atomic E-state index is 13.5. The molecular weight excluding hydrogens is 382 g/mol. The molecule has 2 aromatic rings. The van der Waals surface area contributed by atoms with Gasteiger partial charge in [0.15, 0.2) is 0 Å². The van der Waals surface area contributed by atoms with E-state index in [1.165, 1.54) is 11.6 Å². The third-order valence-corrected chi connectivity index (χ3v) is 6.26. The lowest BCUT2D eigenvalue weighted by atomic mass is 9.84. The Bertz CT molecular complexity index is 866. The van der Waals surface area contributed by atoms with Crippen LogP contribution in [-0.4, -0.2) is 22.8 Å². The predicted octanol–water partition coefficient (Wildman–Crippen LogP) is 5.40. The van der Waals surface area contributed by atoms with Crippen LogP contribution >= 0.6 is 0 Å². The van der Waals surface area contributed by atoms with E-state index in [0.29, 0.717) is 12.1 Å². The fourth-order valence-corrected chi connectivity index (χ4v) is 4.83. The highest BCUT2D eigenvalue weighted by Gasteiger charge is 2.42. The van der Waals surface area contributed by atoms with E-state index < -0.39 is 17.6 Å². The number of hydrogen-bond acceptors (Lipinski definition) is 2. The van der Waals surface area contributed by atoms with Crippen LogP contribution in [0.15, 0.2) is 48.5 Å². The highest BCUT2D eigenvalue weighted by molar-refractivity contribution is 5.83. The molecule has 4 rings (SSSR count). The van der Waals surface area contributed by atoms with Crippen LogP contribution in [0.1, 0.15) is 42.4 Å². The Morgan fingerprint density at radius 3 is 2.24 bits per heavy atom. The Balaban J connectivity index is 1.42. The molecule has 2 saturated heterocycles. The van der Waals surface area contributed by atoms with Crippen molar-refractivity contribution >= 4 is 5.78 Å². The Hall–Kier alpha value is -2.21. The van der Waals surface area contributed by atoms with Crippen molar-refractivity contribution < 1.29 is 22.4 Å². The van der Waals surface area contributed by atoms with Gasteiger partial charge in [-0.3, -0.25) is 9.69 Å². The molecule has 2 aliphatic heterocycles. The molecule has 2 atom stereocenters. The van der Waals surface area contributed by atoms with Crippen LogP contribution in [0.5, 0.6) is 0 Å². The van der Waals surface area contributed by atoms with Crippen LogP contribution in [0.2, 0.25) is 0 Å². The van der Waals surface area contributed by atoms with Gasteiger partial charge in [0.1, 0.15) is 11.6 Å². The predicted molar refractivity (Wildman–Crippen MR) is 102 cm³/mol. The second-order valence-corrected chi connectivity index (χ2v) is 8.17. The van der Waals surface area contributed by atoms with Crippen molar-refractivity contribution in [2.45, 2.75) is 56.9 Å². The molecule has 2 nitrogen and oxygen atoms in total. The topological polar surface area (TPSA) is 20.3 Å². The first kappa shape index (κ1) is 20.1. The van der Waals surface area contributed by atoms with Gasteiger partial charge in [-0.1, -0.05) is 36.4 Å². The standard InChI is InChI=1S/C23H23F4NO/c24-21-9-6-16(10-20(21)23(25,26)27)11-22(29)17-12-18-7-8-19(13-17)28(18)14-15-4-2-1-3-5-15/h1-6,9-10,17-19H,7-8,11-14H2. The van der Waals surface area contributed by atoms with E-state index >= 15 is 0 Å². The minimum atomic E-state index is -4.76. The van der Waals surface area contributed by atoms with Gasteiger partial charge in [0.2, 0.25) is 0 Å². The van der Waals surface area contributed by atoms with Crippen molar-refractivity contribution in [2.75, 3.05) is 0 Å². The zero-order valence-electron chi connectivity index (χ0n) is 16.0. The van der Waals surface area contributed by atoms with E-state index in [1.807, 2.05) is 18.2 Å². The van der Waals surface area contributed by atoms with Crippen LogP contribution in [0.25, 0.3) is 0 Å². The van der Waals surface area contributed by atoms with Crippen LogP contribution in [0.4, 0.5) is 17.6 Å². The van der Waals surface area contributed by atoms with E-state index in [2.05, 4.69) is 17.0 Å². The number of rotatable bonds is 5. The molecule has 2 fully saturated rings. The van der Waals surface area contributed by atoms with Crippen molar-refractivity contribution in [1.82, 2.24) is 4.90 Å². The SMILES string of the molecule is O=C(Cc1ccc(F)c(C(F)(F)F)c1)C1CC2CCC(C1)N2Cc1ccccc1. The lowest BCUT2D eigenvalue weighted by molar-refractivity contribution is -0.140. The summed E-state index contributed by atoms with van der Waals surface area (Å²) in [5, 5.41) is 0. The van der Waals surface area contributed by atoms with Crippen molar-refractivity contribution in [1.29, 1.82) is 0 Å². The van der Waals surface area contributed by atoms with Gasteiger partial charge < -0.3 is 0 Å². The highest BCUT2D eigenvalue weighted by Crippen LogP contribution is 2.40. The number of alkyl halides is 3. The number of piperidine rings is 1. The molecule has 2 aliphatic rings. The molecule has 0 spiro atoms. The third kappa shape index (κ3) is 4.37. The van der Waals surface area contributed by atoms with E-state index in [1.54, 1.807) is 0 Å². The number of nitrogens with zero attached hydrogens (tertiary/aromatic N) is 1. The minimum absolute atomic E-state index is 0.0407. The highest BCUT2D eigenvalue weighted by atomic mass is 19.4. The summed E-state index contributed by atoms with van der Waals surface area (Å²) in [5.74, 6) is -1.49.